The molecule has 0 amide bonds. The molecule has 0 radical (unpaired) electrons. The second-order valence-electron chi connectivity index (χ2n) is 4.65. The molecule has 1 aromatic carbocycles. The van der Waals surface area contributed by atoms with Gasteiger partial charge in [-0.1, -0.05) is 12.1 Å². The Balaban J connectivity index is 1.97. The third kappa shape index (κ3) is 3.31. The van der Waals surface area contributed by atoms with Crippen molar-refractivity contribution in [1.29, 1.82) is 0 Å². The van der Waals surface area contributed by atoms with Gasteiger partial charge in [0, 0.05) is 0 Å². The number of phenolic OH excluding ortho intramolecular Hbond substituents is 1. The van der Waals surface area contributed by atoms with Crippen LogP contribution >= 0.6 is 0 Å². The molecule has 0 bridgehead atoms. The lowest BCUT2D eigenvalue weighted by molar-refractivity contribution is -0.286. The van der Waals surface area contributed by atoms with Crippen LogP contribution in [0.2, 0.25) is 0 Å². The number of aliphatic hydroxyl groups is 4. The summed E-state index contributed by atoms with van der Waals surface area (Å²) >= 11 is 0. The third-order valence-corrected chi connectivity index (χ3v) is 3.19. The predicted octanol–water partition coefficient (Wildman–Crippen LogP) is -1.65. The lowest BCUT2D eigenvalue weighted by Crippen LogP contribution is -2.58. The van der Waals surface area contributed by atoms with Crippen LogP contribution in [0.3, 0.4) is 0 Å². The number of rotatable bonds is 3. The summed E-state index contributed by atoms with van der Waals surface area (Å²) < 4.78 is 9.72. The average Bonchev–Trinajstić information content (AvgIpc) is 2.47. The fourth-order valence-corrected chi connectivity index (χ4v) is 1.95. The highest BCUT2D eigenvalue weighted by Crippen LogP contribution is 2.21. The Hall–Kier alpha value is -1.71. The van der Waals surface area contributed by atoms with Crippen molar-refractivity contribution < 1.29 is 39.8 Å². The van der Waals surface area contributed by atoms with Crippen molar-refractivity contribution in [3.05, 3.63) is 29.8 Å². The monoisotopic (exact) mass is 300 g/mol. The summed E-state index contributed by atoms with van der Waals surface area (Å²) in [5.74, 6) is -1.11. The maximum absolute atomic E-state index is 11.7. The molecule has 8 nitrogen and oxygen atoms in total. The predicted molar refractivity (Wildman–Crippen MR) is 67.3 cm³/mol. The van der Waals surface area contributed by atoms with Gasteiger partial charge in [-0.3, -0.25) is 0 Å². The number of esters is 1. The van der Waals surface area contributed by atoms with Crippen molar-refractivity contribution >= 4 is 5.97 Å². The van der Waals surface area contributed by atoms with Crippen LogP contribution in [0.5, 0.6) is 5.75 Å². The molecule has 116 valence electrons. The van der Waals surface area contributed by atoms with Crippen LogP contribution in [0.25, 0.3) is 0 Å². The molecule has 21 heavy (non-hydrogen) atoms. The summed E-state index contributed by atoms with van der Waals surface area (Å²) in [5, 5.41) is 47.3. The molecule has 0 spiro atoms. The fraction of sp³-hybridized carbons (Fsp3) is 0.462. The molecule has 0 aliphatic carbocycles. The number of aromatic hydroxyl groups is 1. The first-order valence-electron chi connectivity index (χ1n) is 6.24. The van der Waals surface area contributed by atoms with Gasteiger partial charge in [-0.25, -0.2) is 4.79 Å². The van der Waals surface area contributed by atoms with E-state index in [4.69, 9.17) is 9.47 Å². The Labute approximate surface area is 119 Å². The van der Waals surface area contributed by atoms with Crippen molar-refractivity contribution in [2.75, 3.05) is 6.61 Å². The quantitative estimate of drug-likeness (QED) is 0.419. The van der Waals surface area contributed by atoms with Gasteiger partial charge in [-0.05, 0) is 12.1 Å². The summed E-state index contributed by atoms with van der Waals surface area (Å²) in [6, 6.07) is 5.73. The summed E-state index contributed by atoms with van der Waals surface area (Å²) in [7, 11) is 0. The molecule has 1 aromatic rings. The Morgan fingerprint density at radius 2 is 1.76 bits per heavy atom. The lowest BCUT2D eigenvalue weighted by atomic mass is 9.99. The number of aliphatic hydroxyl groups excluding tert-OH is 4. The number of hydrogen-bond donors (Lipinski definition) is 5. The molecule has 1 saturated heterocycles. The second kappa shape index (κ2) is 6.37. The number of carbonyl (C=O) groups excluding carboxylic acids is 1. The first-order valence-corrected chi connectivity index (χ1v) is 6.24. The zero-order valence-electron chi connectivity index (χ0n) is 10.9. The van der Waals surface area contributed by atoms with Crippen molar-refractivity contribution in [1.82, 2.24) is 0 Å². The highest BCUT2D eigenvalue weighted by molar-refractivity contribution is 5.92. The molecule has 5 N–H and O–H groups in total. The minimum absolute atomic E-state index is 0.0658. The van der Waals surface area contributed by atoms with Crippen LogP contribution in [-0.4, -0.2) is 68.8 Å². The van der Waals surface area contributed by atoms with E-state index in [2.05, 4.69) is 0 Å². The molecule has 8 heteroatoms. The molecule has 1 heterocycles. The van der Waals surface area contributed by atoms with Gasteiger partial charge in [0.15, 0.2) is 6.29 Å². The molecular formula is C13H16O8. The molecule has 2 rings (SSSR count). The van der Waals surface area contributed by atoms with E-state index < -0.39 is 43.3 Å². The number of carbonyl (C=O) groups is 1. The Morgan fingerprint density at radius 3 is 2.43 bits per heavy atom. The van der Waals surface area contributed by atoms with Gasteiger partial charge in [-0.15, -0.1) is 0 Å². The highest BCUT2D eigenvalue weighted by atomic mass is 16.6. The van der Waals surface area contributed by atoms with Gasteiger partial charge in [0.2, 0.25) is 0 Å². The van der Waals surface area contributed by atoms with Crippen molar-refractivity contribution in [2.24, 2.45) is 0 Å². The Bertz CT molecular complexity index is 505. The molecule has 0 unspecified atom stereocenters. The Kier molecular flexibility index (Phi) is 4.76. The maximum atomic E-state index is 11.7. The second-order valence-corrected chi connectivity index (χ2v) is 4.65. The SMILES string of the molecule is O=C(OC[C@H]1O[C@H](O)[C@H](O)[C@H](O)[C@@H]1O)c1ccccc1O. The number of hydrogen-bond acceptors (Lipinski definition) is 8. The molecule has 0 saturated carbocycles. The van der Waals surface area contributed by atoms with Gasteiger partial charge >= 0.3 is 5.97 Å². The number of benzene rings is 1. The molecule has 1 fully saturated rings. The molecule has 1 aliphatic heterocycles. The zero-order chi connectivity index (χ0) is 15.6. The van der Waals surface area contributed by atoms with E-state index in [-0.39, 0.29) is 11.3 Å². The summed E-state index contributed by atoms with van der Waals surface area (Å²) in [6.07, 6.45) is -7.70. The molecular weight excluding hydrogens is 284 g/mol. The van der Waals surface area contributed by atoms with Crippen molar-refractivity contribution in [3.63, 3.8) is 0 Å². The van der Waals surface area contributed by atoms with Gasteiger partial charge < -0.3 is 35.0 Å². The van der Waals surface area contributed by atoms with Crippen LogP contribution in [0.1, 0.15) is 10.4 Å². The first-order chi connectivity index (χ1) is 9.91. The minimum Gasteiger partial charge on any atom is -0.507 e. The largest absolute Gasteiger partial charge is 0.507 e. The summed E-state index contributed by atoms with van der Waals surface area (Å²) in [6.45, 7) is -0.463. The maximum Gasteiger partial charge on any atom is 0.342 e. The number of para-hydroxylation sites is 1. The first kappa shape index (κ1) is 15.7. The van der Waals surface area contributed by atoms with E-state index >= 15 is 0 Å². The topological polar surface area (TPSA) is 137 Å². The average molecular weight is 300 g/mol. The molecule has 1 aliphatic rings. The summed E-state index contributed by atoms with van der Waals surface area (Å²) in [4.78, 5) is 11.7. The van der Waals surface area contributed by atoms with Crippen LogP contribution in [-0.2, 0) is 9.47 Å². The highest BCUT2D eigenvalue weighted by Gasteiger charge is 2.43. The van der Waals surface area contributed by atoms with Crippen molar-refractivity contribution in [3.8, 4) is 5.75 Å². The smallest absolute Gasteiger partial charge is 0.342 e. The molecule has 0 aromatic heterocycles. The standard InChI is InChI=1S/C13H16O8/c14-7-4-2-1-3-6(7)12(18)20-5-8-9(15)10(16)11(17)13(19)21-8/h1-4,8-11,13-17,19H,5H2/t8-,9-,10-,11-,13+/m1/s1. The van der Waals surface area contributed by atoms with E-state index in [0.717, 1.165) is 0 Å². The van der Waals surface area contributed by atoms with Crippen molar-refractivity contribution in [2.45, 2.75) is 30.7 Å². The van der Waals surface area contributed by atoms with Gasteiger partial charge in [-0.2, -0.15) is 0 Å². The van der Waals surface area contributed by atoms with E-state index in [1.54, 1.807) is 0 Å². The number of ether oxygens (including phenoxy) is 2. The Morgan fingerprint density at radius 1 is 1.10 bits per heavy atom. The van der Waals surface area contributed by atoms with Crippen LogP contribution < -0.4 is 0 Å². The zero-order valence-corrected chi connectivity index (χ0v) is 10.9. The van der Waals surface area contributed by atoms with E-state index in [0.29, 0.717) is 0 Å². The minimum atomic E-state index is -1.70. The lowest BCUT2D eigenvalue weighted by Gasteiger charge is -2.37. The van der Waals surface area contributed by atoms with Gasteiger partial charge in [0.25, 0.3) is 0 Å². The summed E-state index contributed by atoms with van der Waals surface area (Å²) in [5.41, 5.74) is -0.0658. The number of phenols is 1. The van der Waals surface area contributed by atoms with Crippen LogP contribution in [0.4, 0.5) is 0 Å². The van der Waals surface area contributed by atoms with Gasteiger partial charge in [0.05, 0.1) is 0 Å². The third-order valence-electron chi connectivity index (χ3n) is 3.19. The van der Waals surface area contributed by atoms with E-state index in [9.17, 15) is 30.3 Å². The molecule has 5 atom stereocenters. The van der Waals surface area contributed by atoms with Crippen LogP contribution in [0, 0.1) is 0 Å². The fourth-order valence-electron chi connectivity index (χ4n) is 1.95. The van der Waals surface area contributed by atoms with Gasteiger partial charge in [0.1, 0.15) is 42.3 Å². The van der Waals surface area contributed by atoms with E-state index in [1.807, 2.05) is 0 Å². The van der Waals surface area contributed by atoms with Crippen LogP contribution in [0.15, 0.2) is 24.3 Å². The normalized spacial score (nSPS) is 32.7. The van der Waals surface area contributed by atoms with E-state index in [1.165, 1.54) is 24.3 Å².